The summed E-state index contributed by atoms with van der Waals surface area (Å²) in [4.78, 5) is 0. The van der Waals surface area contributed by atoms with Crippen LogP contribution >= 0.6 is 15.9 Å². The summed E-state index contributed by atoms with van der Waals surface area (Å²) >= 11 is 3.31. The Balaban J connectivity index is 2.92. The molecule has 0 spiro atoms. The molecule has 5 heteroatoms. The molecule has 2 atom stereocenters. The highest BCUT2D eigenvalue weighted by Crippen LogP contribution is 2.28. The molecule has 0 aliphatic rings. The number of halogens is 1. The molecule has 2 unspecified atom stereocenters. The van der Waals surface area contributed by atoms with E-state index in [1.165, 1.54) is 0 Å². The fourth-order valence-corrected chi connectivity index (χ4v) is 1.77. The first-order chi connectivity index (χ1) is 7.10. The summed E-state index contributed by atoms with van der Waals surface area (Å²) in [6, 6.07) is 4.49. The van der Waals surface area contributed by atoms with Gasteiger partial charge in [0, 0.05) is 0 Å². The quantitative estimate of drug-likeness (QED) is 0.760. The lowest BCUT2D eigenvalue weighted by molar-refractivity contribution is 0.109. The zero-order valence-electron chi connectivity index (χ0n) is 8.35. The number of benzene rings is 1. The Hall–Kier alpha value is -0.620. The molecule has 0 aliphatic heterocycles. The van der Waals surface area contributed by atoms with Crippen molar-refractivity contribution >= 4 is 15.9 Å². The van der Waals surface area contributed by atoms with Gasteiger partial charge in [-0.05, 0) is 33.6 Å². The van der Waals surface area contributed by atoms with Gasteiger partial charge in [-0.15, -0.1) is 0 Å². The van der Waals surface area contributed by atoms with Crippen molar-refractivity contribution in [3.8, 4) is 5.75 Å². The van der Waals surface area contributed by atoms with Gasteiger partial charge < -0.3 is 20.7 Å². The maximum Gasteiger partial charge on any atom is 0.133 e. The van der Waals surface area contributed by atoms with E-state index in [0.717, 1.165) is 4.47 Å². The first-order valence-corrected chi connectivity index (χ1v) is 5.27. The average molecular weight is 276 g/mol. The topological polar surface area (TPSA) is 75.7 Å². The molecule has 0 radical (unpaired) electrons. The Labute approximate surface area is 96.8 Å². The highest BCUT2D eigenvalue weighted by Gasteiger charge is 2.16. The van der Waals surface area contributed by atoms with Gasteiger partial charge in [0.2, 0.25) is 0 Å². The Kier molecular flexibility index (Phi) is 4.53. The van der Waals surface area contributed by atoms with Gasteiger partial charge in [0.15, 0.2) is 0 Å². The SMILES string of the molecule is COc1ccc(C(O)C(N)CO)cc1Br. The molecule has 0 bridgehead atoms. The fourth-order valence-electron chi connectivity index (χ4n) is 1.21. The van der Waals surface area contributed by atoms with Gasteiger partial charge >= 0.3 is 0 Å². The van der Waals surface area contributed by atoms with Crippen molar-refractivity contribution in [2.24, 2.45) is 5.73 Å². The Morgan fingerprint density at radius 1 is 1.53 bits per heavy atom. The number of aliphatic hydroxyl groups excluding tert-OH is 2. The summed E-state index contributed by atoms with van der Waals surface area (Å²) in [5.74, 6) is 0.684. The monoisotopic (exact) mass is 275 g/mol. The number of rotatable bonds is 4. The second-order valence-electron chi connectivity index (χ2n) is 3.19. The number of aliphatic hydroxyl groups is 2. The molecule has 1 aromatic rings. The molecule has 4 N–H and O–H groups in total. The minimum atomic E-state index is -0.878. The van der Waals surface area contributed by atoms with E-state index in [0.29, 0.717) is 11.3 Å². The summed E-state index contributed by atoms with van der Waals surface area (Å²) < 4.78 is 5.80. The van der Waals surface area contributed by atoms with E-state index in [1.807, 2.05) is 0 Å². The molecule has 1 rings (SSSR count). The van der Waals surface area contributed by atoms with E-state index >= 15 is 0 Å². The Bertz CT molecular complexity index is 332. The highest BCUT2D eigenvalue weighted by atomic mass is 79.9. The van der Waals surface area contributed by atoms with E-state index in [4.69, 9.17) is 15.6 Å². The minimum Gasteiger partial charge on any atom is -0.496 e. The van der Waals surface area contributed by atoms with Crippen LogP contribution in [0.15, 0.2) is 22.7 Å². The molecule has 1 aromatic carbocycles. The van der Waals surface area contributed by atoms with Crippen LogP contribution in [0.4, 0.5) is 0 Å². The normalized spacial score (nSPS) is 14.7. The second kappa shape index (κ2) is 5.46. The first kappa shape index (κ1) is 12.4. The predicted octanol–water partition coefficient (Wildman–Crippen LogP) is 0.811. The van der Waals surface area contributed by atoms with Gasteiger partial charge in [-0.2, -0.15) is 0 Å². The van der Waals surface area contributed by atoms with Gasteiger partial charge in [0.05, 0.1) is 30.3 Å². The van der Waals surface area contributed by atoms with Crippen LogP contribution in [0.5, 0.6) is 5.75 Å². The van der Waals surface area contributed by atoms with Gasteiger partial charge in [0.25, 0.3) is 0 Å². The van der Waals surface area contributed by atoms with Crippen LogP contribution in [0.25, 0.3) is 0 Å². The Morgan fingerprint density at radius 2 is 2.20 bits per heavy atom. The van der Waals surface area contributed by atoms with Crippen molar-refractivity contribution in [2.75, 3.05) is 13.7 Å². The largest absolute Gasteiger partial charge is 0.496 e. The Morgan fingerprint density at radius 3 is 2.67 bits per heavy atom. The lowest BCUT2D eigenvalue weighted by Gasteiger charge is -2.17. The molecular weight excluding hydrogens is 262 g/mol. The van der Waals surface area contributed by atoms with E-state index < -0.39 is 12.1 Å². The third-order valence-electron chi connectivity index (χ3n) is 2.13. The highest BCUT2D eigenvalue weighted by molar-refractivity contribution is 9.10. The van der Waals surface area contributed by atoms with Crippen LogP contribution < -0.4 is 10.5 Å². The molecule has 0 aliphatic carbocycles. The minimum absolute atomic E-state index is 0.259. The van der Waals surface area contributed by atoms with Crippen molar-refractivity contribution in [2.45, 2.75) is 12.1 Å². The molecule has 0 aromatic heterocycles. The van der Waals surface area contributed by atoms with Crippen molar-refractivity contribution in [1.82, 2.24) is 0 Å². The van der Waals surface area contributed by atoms with Gasteiger partial charge in [-0.25, -0.2) is 0 Å². The molecular formula is C10H14BrNO3. The van der Waals surface area contributed by atoms with Crippen LogP contribution in [-0.2, 0) is 0 Å². The summed E-state index contributed by atoms with van der Waals surface area (Å²) in [6.07, 6.45) is -0.878. The summed E-state index contributed by atoms with van der Waals surface area (Å²) in [6.45, 7) is -0.259. The molecule has 84 valence electrons. The molecule has 0 saturated heterocycles. The fraction of sp³-hybridized carbons (Fsp3) is 0.400. The van der Waals surface area contributed by atoms with Crippen molar-refractivity contribution in [3.63, 3.8) is 0 Å². The lowest BCUT2D eigenvalue weighted by atomic mass is 10.0. The van der Waals surface area contributed by atoms with Gasteiger partial charge in [-0.1, -0.05) is 6.07 Å². The zero-order valence-corrected chi connectivity index (χ0v) is 9.94. The first-order valence-electron chi connectivity index (χ1n) is 4.48. The van der Waals surface area contributed by atoms with Crippen LogP contribution in [0.1, 0.15) is 11.7 Å². The smallest absolute Gasteiger partial charge is 0.133 e. The molecule has 0 saturated carbocycles. The number of hydrogen-bond acceptors (Lipinski definition) is 4. The number of hydrogen-bond donors (Lipinski definition) is 3. The molecule has 0 amide bonds. The molecule has 4 nitrogen and oxygen atoms in total. The van der Waals surface area contributed by atoms with E-state index in [1.54, 1.807) is 25.3 Å². The maximum atomic E-state index is 9.73. The average Bonchev–Trinajstić information content (AvgIpc) is 2.26. The van der Waals surface area contributed by atoms with Crippen molar-refractivity contribution in [3.05, 3.63) is 28.2 Å². The number of methoxy groups -OCH3 is 1. The van der Waals surface area contributed by atoms with Crippen LogP contribution in [0.3, 0.4) is 0 Å². The number of nitrogens with two attached hydrogens (primary N) is 1. The predicted molar refractivity (Wildman–Crippen MR) is 60.7 cm³/mol. The standard InChI is InChI=1S/C10H14BrNO3/c1-15-9-3-2-6(4-7(9)11)10(14)8(12)5-13/h2-4,8,10,13-14H,5,12H2,1H3. The van der Waals surface area contributed by atoms with Gasteiger partial charge in [0.1, 0.15) is 5.75 Å². The molecule has 0 heterocycles. The van der Waals surface area contributed by atoms with E-state index in [9.17, 15) is 5.11 Å². The van der Waals surface area contributed by atoms with Gasteiger partial charge in [-0.3, -0.25) is 0 Å². The molecule has 0 fully saturated rings. The van der Waals surface area contributed by atoms with E-state index in [2.05, 4.69) is 15.9 Å². The third-order valence-corrected chi connectivity index (χ3v) is 2.75. The second-order valence-corrected chi connectivity index (χ2v) is 4.04. The van der Waals surface area contributed by atoms with Crippen LogP contribution in [0, 0.1) is 0 Å². The van der Waals surface area contributed by atoms with Crippen LogP contribution in [-0.4, -0.2) is 30.0 Å². The maximum absolute atomic E-state index is 9.73. The van der Waals surface area contributed by atoms with Crippen molar-refractivity contribution < 1.29 is 14.9 Å². The molecule has 15 heavy (non-hydrogen) atoms. The lowest BCUT2D eigenvalue weighted by Crippen LogP contribution is -2.31. The van der Waals surface area contributed by atoms with E-state index in [-0.39, 0.29) is 6.61 Å². The summed E-state index contributed by atoms with van der Waals surface area (Å²) in [5, 5.41) is 18.5. The third kappa shape index (κ3) is 2.92. The summed E-state index contributed by atoms with van der Waals surface area (Å²) in [5.41, 5.74) is 6.17. The summed E-state index contributed by atoms with van der Waals surface area (Å²) in [7, 11) is 1.57. The van der Waals surface area contributed by atoms with Crippen molar-refractivity contribution in [1.29, 1.82) is 0 Å². The number of ether oxygens (including phenoxy) is 1. The zero-order chi connectivity index (χ0) is 11.4. The van der Waals surface area contributed by atoms with Crippen LogP contribution in [0.2, 0.25) is 0 Å².